The molecule has 0 aromatic rings. The molecule has 0 aromatic carbocycles. The maximum absolute atomic E-state index is 11.6. The minimum atomic E-state index is 0.0524. The average molecular weight is 216 g/mol. The Kier molecular flexibility index (Phi) is 8.33. The van der Waals surface area contributed by atoms with Gasteiger partial charge in [-0.2, -0.15) is 0 Å². The third-order valence-corrected chi connectivity index (χ3v) is 2.48. The average Bonchev–Trinajstić information content (AvgIpc) is 2.18. The molecule has 4 heteroatoms. The second-order valence-electron chi connectivity index (χ2n) is 4.01. The van der Waals surface area contributed by atoms with E-state index >= 15 is 0 Å². The third kappa shape index (κ3) is 7.33. The van der Waals surface area contributed by atoms with Crippen LogP contribution in [0.4, 0.5) is 0 Å². The molecular formula is C11H24N2O2. The number of carbonyl (C=O) groups is 1. The van der Waals surface area contributed by atoms with E-state index in [1.807, 2.05) is 0 Å². The van der Waals surface area contributed by atoms with E-state index in [2.05, 4.69) is 19.2 Å². The number of nitrogens with one attached hydrogen (secondary N) is 1. The van der Waals surface area contributed by atoms with Gasteiger partial charge in [0.15, 0.2) is 0 Å². The molecule has 1 amide bonds. The highest BCUT2D eigenvalue weighted by Gasteiger charge is 2.13. The Morgan fingerprint density at radius 3 is 2.67 bits per heavy atom. The molecule has 0 radical (unpaired) electrons. The first-order valence-corrected chi connectivity index (χ1v) is 5.62. The van der Waals surface area contributed by atoms with Crippen molar-refractivity contribution in [3.8, 4) is 0 Å². The van der Waals surface area contributed by atoms with Gasteiger partial charge in [0.05, 0.1) is 12.6 Å². The smallest absolute Gasteiger partial charge is 0.220 e. The molecule has 0 aliphatic heterocycles. The first-order chi connectivity index (χ1) is 7.13. The molecule has 0 spiro atoms. The molecule has 4 nitrogen and oxygen atoms in total. The van der Waals surface area contributed by atoms with Gasteiger partial charge in [0.2, 0.25) is 5.91 Å². The molecule has 0 bridgehead atoms. The van der Waals surface area contributed by atoms with E-state index in [4.69, 9.17) is 10.5 Å². The fourth-order valence-electron chi connectivity index (χ4n) is 1.35. The van der Waals surface area contributed by atoms with Crippen molar-refractivity contribution in [3.05, 3.63) is 0 Å². The standard InChI is InChI=1S/C11H24N2O2/c1-4-9(2)7-11(14)13-10(5-6-12)8-15-3/h9-10H,4-8,12H2,1-3H3,(H,13,14). The molecule has 0 rings (SSSR count). The zero-order valence-electron chi connectivity index (χ0n) is 10.1. The fraction of sp³-hybridized carbons (Fsp3) is 0.909. The summed E-state index contributed by atoms with van der Waals surface area (Å²) in [4.78, 5) is 11.6. The van der Waals surface area contributed by atoms with Crippen LogP contribution in [-0.2, 0) is 9.53 Å². The van der Waals surface area contributed by atoms with Crippen LogP contribution in [0.5, 0.6) is 0 Å². The van der Waals surface area contributed by atoms with Crippen molar-refractivity contribution in [2.75, 3.05) is 20.3 Å². The highest BCUT2D eigenvalue weighted by molar-refractivity contribution is 5.76. The summed E-state index contributed by atoms with van der Waals surface area (Å²) in [5, 5.41) is 2.94. The van der Waals surface area contributed by atoms with Crippen molar-refractivity contribution in [3.63, 3.8) is 0 Å². The Balaban J connectivity index is 3.87. The lowest BCUT2D eigenvalue weighted by Gasteiger charge is -2.18. The topological polar surface area (TPSA) is 64.4 Å². The normalized spacial score (nSPS) is 14.7. The van der Waals surface area contributed by atoms with Crippen molar-refractivity contribution < 1.29 is 9.53 Å². The van der Waals surface area contributed by atoms with Gasteiger partial charge >= 0.3 is 0 Å². The van der Waals surface area contributed by atoms with E-state index < -0.39 is 0 Å². The number of methoxy groups -OCH3 is 1. The monoisotopic (exact) mass is 216 g/mol. The second-order valence-corrected chi connectivity index (χ2v) is 4.01. The van der Waals surface area contributed by atoms with E-state index in [1.165, 1.54) is 0 Å². The summed E-state index contributed by atoms with van der Waals surface area (Å²) in [7, 11) is 1.63. The fourth-order valence-corrected chi connectivity index (χ4v) is 1.35. The summed E-state index contributed by atoms with van der Waals surface area (Å²) in [5.41, 5.74) is 5.46. The molecule has 2 unspecified atom stereocenters. The van der Waals surface area contributed by atoms with Crippen LogP contribution in [0.15, 0.2) is 0 Å². The van der Waals surface area contributed by atoms with Crippen LogP contribution >= 0.6 is 0 Å². The Morgan fingerprint density at radius 1 is 1.53 bits per heavy atom. The molecule has 0 saturated carbocycles. The number of carbonyl (C=O) groups excluding carboxylic acids is 1. The first-order valence-electron chi connectivity index (χ1n) is 5.62. The molecule has 0 aliphatic carbocycles. The summed E-state index contributed by atoms with van der Waals surface area (Å²) < 4.78 is 5.02. The van der Waals surface area contributed by atoms with Gasteiger partial charge in [0, 0.05) is 13.5 Å². The quantitative estimate of drug-likeness (QED) is 0.633. The van der Waals surface area contributed by atoms with Crippen molar-refractivity contribution in [1.82, 2.24) is 5.32 Å². The first kappa shape index (κ1) is 14.4. The maximum atomic E-state index is 11.6. The van der Waals surface area contributed by atoms with E-state index in [0.717, 1.165) is 12.8 Å². The minimum absolute atomic E-state index is 0.0524. The predicted octanol–water partition coefficient (Wildman–Crippen LogP) is 0.903. The lowest BCUT2D eigenvalue weighted by atomic mass is 10.0. The second kappa shape index (κ2) is 8.68. The summed E-state index contributed by atoms with van der Waals surface area (Å²) in [6.07, 6.45) is 2.38. The minimum Gasteiger partial charge on any atom is -0.383 e. The summed E-state index contributed by atoms with van der Waals surface area (Å²) >= 11 is 0. The Labute approximate surface area is 92.6 Å². The van der Waals surface area contributed by atoms with Crippen LogP contribution in [0.3, 0.4) is 0 Å². The molecule has 0 saturated heterocycles. The summed E-state index contributed by atoms with van der Waals surface area (Å²) in [6, 6.07) is 0.0524. The summed E-state index contributed by atoms with van der Waals surface area (Å²) in [6.45, 7) is 5.26. The number of rotatable bonds is 8. The Morgan fingerprint density at radius 2 is 2.20 bits per heavy atom. The van der Waals surface area contributed by atoms with Crippen molar-refractivity contribution in [2.24, 2.45) is 11.7 Å². The molecule has 2 atom stereocenters. The zero-order chi connectivity index (χ0) is 11.7. The lowest BCUT2D eigenvalue weighted by Crippen LogP contribution is -2.39. The highest BCUT2D eigenvalue weighted by Crippen LogP contribution is 2.06. The molecule has 0 heterocycles. The predicted molar refractivity (Wildman–Crippen MR) is 61.6 cm³/mol. The van der Waals surface area contributed by atoms with Crippen molar-refractivity contribution in [2.45, 2.75) is 39.2 Å². The van der Waals surface area contributed by atoms with E-state index in [1.54, 1.807) is 7.11 Å². The molecule has 0 aromatic heterocycles. The Hall–Kier alpha value is -0.610. The van der Waals surface area contributed by atoms with Gasteiger partial charge < -0.3 is 15.8 Å². The SMILES string of the molecule is CCC(C)CC(=O)NC(CCN)COC. The van der Waals surface area contributed by atoms with Gasteiger partial charge in [-0.25, -0.2) is 0 Å². The number of hydrogen-bond donors (Lipinski definition) is 2. The number of hydrogen-bond acceptors (Lipinski definition) is 3. The van der Waals surface area contributed by atoms with Crippen LogP contribution < -0.4 is 11.1 Å². The summed E-state index contributed by atoms with van der Waals surface area (Å²) in [5.74, 6) is 0.533. The molecular weight excluding hydrogens is 192 g/mol. The highest BCUT2D eigenvalue weighted by atomic mass is 16.5. The van der Waals surface area contributed by atoms with Crippen LogP contribution in [0.2, 0.25) is 0 Å². The number of amides is 1. The van der Waals surface area contributed by atoms with Gasteiger partial charge in [-0.05, 0) is 18.9 Å². The molecule has 0 fully saturated rings. The molecule has 0 aliphatic rings. The maximum Gasteiger partial charge on any atom is 0.220 e. The van der Waals surface area contributed by atoms with Crippen molar-refractivity contribution >= 4 is 5.91 Å². The number of nitrogens with two attached hydrogens (primary N) is 1. The van der Waals surface area contributed by atoms with Gasteiger partial charge in [-0.1, -0.05) is 20.3 Å². The van der Waals surface area contributed by atoms with Crippen LogP contribution in [0, 0.1) is 5.92 Å². The van der Waals surface area contributed by atoms with E-state index in [0.29, 0.717) is 25.5 Å². The van der Waals surface area contributed by atoms with Gasteiger partial charge in [-0.15, -0.1) is 0 Å². The van der Waals surface area contributed by atoms with Gasteiger partial charge in [0.25, 0.3) is 0 Å². The van der Waals surface area contributed by atoms with Gasteiger partial charge in [-0.3, -0.25) is 4.79 Å². The number of ether oxygens (including phenoxy) is 1. The van der Waals surface area contributed by atoms with Crippen LogP contribution in [-0.4, -0.2) is 32.2 Å². The molecule has 15 heavy (non-hydrogen) atoms. The Bertz CT molecular complexity index is 168. The van der Waals surface area contributed by atoms with E-state index in [9.17, 15) is 4.79 Å². The van der Waals surface area contributed by atoms with Gasteiger partial charge in [0.1, 0.15) is 0 Å². The molecule has 90 valence electrons. The zero-order valence-corrected chi connectivity index (χ0v) is 10.1. The third-order valence-electron chi connectivity index (χ3n) is 2.48. The van der Waals surface area contributed by atoms with Crippen LogP contribution in [0.1, 0.15) is 33.1 Å². The van der Waals surface area contributed by atoms with E-state index in [-0.39, 0.29) is 11.9 Å². The van der Waals surface area contributed by atoms with Crippen molar-refractivity contribution in [1.29, 1.82) is 0 Å². The lowest BCUT2D eigenvalue weighted by molar-refractivity contribution is -0.123. The van der Waals surface area contributed by atoms with Crippen LogP contribution in [0.25, 0.3) is 0 Å². The largest absolute Gasteiger partial charge is 0.383 e. The molecule has 3 N–H and O–H groups in total.